The summed E-state index contributed by atoms with van der Waals surface area (Å²) < 4.78 is 5.71. The molecule has 0 saturated carbocycles. The molecule has 0 aliphatic carbocycles. The van der Waals surface area contributed by atoms with Crippen LogP contribution in [0.25, 0.3) is 10.9 Å². The molecule has 3 heterocycles. The predicted molar refractivity (Wildman–Crippen MR) is 143 cm³/mol. The van der Waals surface area contributed by atoms with E-state index in [1.165, 1.54) is 5.56 Å². The van der Waals surface area contributed by atoms with Gasteiger partial charge in [-0.15, -0.1) is 0 Å². The molecule has 2 atom stereocenters. The summed E-state index contributed by atoms with van der Waals surface area (Å²) in [7, 11) is 0. The van der Waals surface area contributed by atoms with Gasteiger partial charge in [0.1, 0.15) is 11.6 Å². The Bertz CT molecular complexity index is 1250. The van der Waals surface area contributed by atoms with Crippen LogP contribution in [0.3, 0.4) is 0 Å². The van der Waals surface area contributed by atoms with Crippen molar-refractivity contribution in [2.45, 2.75) is 45.4 Å². The SMILES string of the molecule is CC(C)c1ccc(Nc2nc(CN3CCO[C@@H](C)C3)nc3cc(C4NC=CC=C4Cl)ccc23)cc1. The van der Waals surface area contributed by atoms with Crippen molar-refractivity contribution in [3.63, 3.8) is 0 Å². The van der Waals surface area contributed by atoms with Crippen molar-refractivity contribution in [2.24, 2.45) is 0 Å². The third-order valence-corrected chi connectivity index (χ3v) is 6.87. The fourth-order valence-corrected chi connectivity index (χ4v) is 4.85. The van der Waals surface area contributed by atoms with Gasteiger partial charge in [-0.05, 0) is 66.6 Å². The molecule has 0 radical (unpaired) electrons. The van der Waals surface area contributed by atoms with E-state index in [0.717, 1.165) is 58.5 Å². The molecular weight excluding hydrogens is 458 g/mol. The van der Waals surface area contributed by atoms with Crippen LogP contribution in [0, 0.1) is 0 Å². The van der Waals surface area contributed by atoms with Crippen molar-refractivity contribution in [3.8, 4) is 0 Å². The maximum Gasteiger partial charge on any atom is 0.145 e. The highest BCUT2D eigenvalue weighted by atomic mass is 35.5. The van der Waals surface area contributed by atoms with Crippen molar-refractivity contribution >= 4 is 34.0 Å². The number of benzene rings is 2. The van der Waals surface area contributed by atoms with E-state index in [9.17, 15) is 0 Å². The molecule has 182 valence electrons. The first-order chi connectivity index (χ1) is 17.0. The van der Waals surface area contributed by atoms with E-state index >= 15 is 0 Å². The largest absolute Gasteiger partial charge is 0.379 e. The fourth-order valence-electron chi connectivity index (χ4n) is 4.59. The quantitative estimate of drug-likeness (QED) is 0.443. The van der Waals surface area contributed by atoms with Gasteiger partial charge in [0, 0.05) is 29.2 Å². The van der Waals surface area contributed by atoms with E-state index in [0.29, 0.717) is 12.5 Å². The smallest absolute Gasteiger partial charge is 0.145 e. The minimum atomic E-state index is -0.0791. The van der Waals surface area contributed by atoms with E-state index < -0.39 is 0 Å². The van der Waals surface area contributed by atoms with Crippen molar-refractivity contribution in [3.05, 3.63) is 82.8 Å². The molecule has 1 fully saturated rings. The van der Waals surface area contributed by atoms with Gasteiger partial charge in [0.25, 0.3) is 0 Å². The number of dihydropyridines is 1. The van der Waals surface area contributed by atoms with Crippen LogP contribution in [0.1, 0.15) is 49.7 Å². The fraction of sp³-hybridized carbons (Fsp3) is 0.357. The second kappa shape index (κ2) is 10.4. The third kappa shape index (κ3) is 5.50. The van der Waals surface area contributed by atoms with Gasteiger partial charge in [0.2, 0.25) is 0 Å². The zero-order chi connectivity index (χ0) is 24.4. The molecule has 3 aromatic rings. The van der Waals surface area contributed by atoms with E-state index in [-0.39, 0.29) is 12.1 Å². The zero-order valence-electron chi connectivity index (χ0n) is 20.5. The van der Waals surface area contributed by atoms with Crippen LogP contribution >= 0.6 is 11.6 Å². The number of hydrogen-bond donors (Lipinski definition) is 2. The first kappa shape index (κ1) is 23.8. The summed E-state index contributed by atoms with van der Waals surface area (Å²) in [6.45, 7) is 9.68. The standard InChI is InChI=1S/C28H32ClN5O/c1-18(2)20-6-9-22(10-7-20)31-28-23-11-8-21(27-24(29)5-4-12-30-27)15-25(23)32-26(33-28)17-34-13-14-35-19(3)16-34/h4-12,15,18-19,27,30H,13-14,16-17H2,1-3H3,(H,31,32,33)/t19-,27?/m0/s1. The molecule has 2 aliphatic heterocycles. The molecule has 0 amide bonds. The second-order valence-corrected chi connectivity index (χ2v) is 10.0. The van der Waals surface area contributed by atoms with E-state index in [1.54, 1.807) is 0 Å². The zero-order valence-corrected chi connectivity index (χ0v) is 21.2. The van der Waals surface area contributed by atoms with Crippen LogP contribution < -0.4 is 10.6 Å². The topological polar surface area (TPSA) is 62.3 Å². The molecule has 35 heavy (non-hydrogen) atoms. The molecule has 0 bridgehead atoms. The molecular formula is C28H32ClN5O. The Morgan fingerprint density at radius 2 is 2.00 bits per heavy atom. The number of allylic oxidation sites excluding steroid dienone is 2. The van der Waals surface area contributed by atoms with Gasteiger partial charge in [0.15, 0.2) is 0 Å². The number of hydrogen-bond acceptors (Lipinski definition) is 6. The molecule has 6 nitrogen and oxygen atoms in total. The van der Waals surface area contributed by atoms with Crippen LogP contribution in [0.4, 0.5) is 11.5 Å². The lowest BCUT2D eigenvalue weighted by atomic mass is 10.0. The number of ether oxygens (including phenoxy) is 1. The number of anilines is 2. The lowest BCUT2D eigenvalue weighted by Crippen LogP contribution is -2.40. The Kier molecular flexibility index (Phi) is 7.04. The molecule has 1 aromatic heterocycles. The van der Waals surface area contributed by atoms with Gasteiger partial charge in [-0.2, -0.15) is 0 Å². The van der Waals surface area contributed by atoms with Crippen LogP contribution in [-0.2, 0) is 11.3 Å². The summed E-state index contributed by atoms with van der Waals surface area (Å²) in [5.74, 6) is 2.10. The van der Waals surface area contributed by atoms with Gasteiger partial charge in [-0.1, -0.05) is 43.6 Å². The monoisotopic (exact) mass is 489 g/mol. The van der Waals surface area contributed by atoms with Crippen LogP contribution in [0.5, 0.6) is 0 Å². The summed E-state index contributed by atoms with van der Waals surface area (Å²) in [6.07, 6.45) is 5.97. The number of nitrogens with one attached hydrogen (secondary N) is 2. The maximum atomic E-state index is 6.50. The predicted octanol–water partition coefficient (Wildman–Crippen LogP) is 6.00. The molecule has 2 aliphatic rings. The maximum absolute atomic E-state index is 6.50. The van der Waals surface area contributed by atoms with E-state index in [4.69, 9.17) is 26.3 Å². The number of nitrogens with zero attached hydrogens (tertiary/aromatic N) is 3. The number of halogens is 1. The first-order valence-corrected chi connectivity index (χ1v) is 12.6. The molecule has 1 unspecified atom stereocenters. The Hall–Kier alpha value is -2.93. The Labute approximate surface area is 212 Å². The third-order valence-electron chi connectivity index (χ3n) is 6.52. The second-order valence-electron chi connectivity index (χ2n) is 9.59. The first-order valence-electron chi connectivity index (χ1n) is 12.3. The number of morpholine rings is 1. The lowest BCUT2D eigenvalue weighted by molar-refractivity contribution is -0.0219. The van der Waals surface area contributed by atoms with Gasteiger partial charge in [-0.3, -0.25) is 4.90 Å². The van der Waals surface area contributed by atoms with Crippen molar-refractivity contribution in [1.82, 2.24) is 20.2 Å². The Morgan fingerprint density at radius 3 is 2.74 bits per heavy atom. The van der Waals surface area contributed by atoms with Crippen LogP contribution in [-0.4, -0.2) is 40.7 Å². The molecule has 2 N–H and O–H groups in total. The van der Waals surface area contributed by atoms with Crippen LogP contribution in [0.2, 0.25) is 0 Å². The summed E-state index contributed by atoms with van der Waals surface area (Å²) in [5.41, 5.74) is 4.29. The Balaban J connectivity index is 1.51. The highest BCUT2D eigenvalue weighted by molar-refractivity contribution is 6.30. The van der Waals surface area contributed by atoms with Gasteiger partial charge < -0.3 is 15.4 Å². The van der Waals surface area contributed by atoms with E-state index in [1.807, 2.05) is 18.4 Å². The lowest BCUT2D eigenvalue weighted by Gasteiger charge is -2.30. The highest BCUT2D eigenvalue weighted by Crippen LogP contribution is 2.32. The van der Waals surface area contributed by atoms with Crippen molar-refractivity contribution in [2.75, 3.05) is 25.0 Å². The average molecular weight is 490 g/mol. The Morgan fingerprint density at radius 1 is 1.17 bits per heavy atom. The molecule has 2 aromatic carbocycles. The number of rotatable bonds is 6. The van der Waals surface area contributed by atoms with Crippen molar-refractivity contribution in [1.29, 1.82) is 0 Å². The van der Waals surface area contributed by atoms with Gasteiger partial charge >= 0.3 is 0 Å². The summed E-state index contributed by atoms with van der Waals surface area (Å²) in [6, 6.07) is 14.8. The van der Waals surface area contributed by atoms with Crippen LogP contribution in [0.15, 0.2) is 65.8 Å². The minimum absolute atomic E-state index is 0.0791. The number of aromatic nitrogens is 2. The highest BCUT2D eigenvalue weighted by Gasteiger charge is 2.20. The number of fused-ring (bicyclic) bond motifs is 1. The molecule has 1 saturated heterocycles. The molecule has 7 heteroatoms. The summed E-state index contributed by atoms with van der Waals surface area (Å²) in [5, 5.41) is 8.63. The average Bonchev–Trinajstić information content (AvgIpc) is 2.84. The molecule has 5 rings (SSSR count). The normalized spacial score (nSPS) is 20.7. The van der Waals surface area contributed by atoms with Gasteiger partial charge in [-0.25, -0.2) is 9.97 Å². The molecule has 0 spiro atoms. The summed E-state index contributed by atoms with van der Waals surface area (Å²) >= 11 is 6.50. The summed E-state index contributed by atoms with van der Waals surface area (Å²) in [4.78, 5) is 12.3. The van der Waals surface area contributed by atoms with E-state index in [2.05, 4.69) is 78.8 Å². The van der Waals surface area contributed by atoms with Crippen molar-refractivity contribution < 1.29 is 4.74 Å². The minimum Gasteiger partial charge on any atom is -0.379 e. The van der Waals surface area contributed by atoms with Gasteiger partial charge in [0.05, 0.1) is 30.8 Å².